The van der Waals surface area contributed by atoms with Crippen molar-refractivity contribution < 1.29 is 19.8 Å². The van der Waals surface area contributed by atoms with Gasteiger partial charge in [-0.3, -0.25) is 0 Å². The lowest BCUT2D eigenvalue weighted by atomic mass is 10.0. The Morgan fingerprint density at radius 2 is 1.50 bits per heavy atom. The maximum Gasteiger partial charge on any atom is 0.407 e. The average molecular weight is 340 g/mol. The van der Waals surface area contributed by atoms with Crippen molar-refractivity contribution in [1.82, 2.24) is 4.90 Å². The third kappa shape index (κ3) is 3.19. The maximum atomic E-state index is 10.8. The fourth-order valence-corrected chi connectivity index (χ4v) is 2.81. The Kier molecular flexibility index (Phi) is 4.44. The monoisotopic (exact) mass is 339 g/mol. The van der Waals surface area contributed by atoms with E-state index in [2.05, 4.69) is 15.9 Å². The molecule has 20 heavy (non-hydrogen) atoms. The molecular formula is C14H14BrNO4. The Balaban J connectivity index is 2.14. The third-order valence-electron chi connectivity index (χ3n) is 3.33. The summed E-state index contributed by atoms with van der Waals surface area (Å²) in [5, 5.41) is 17.8. The Hall–Kier alpha value is -1.82. The number of likely N-dealkylation sites (tertiary alicyclic amines) is 1. The number of nitrogens with zero attached hydrogens (tertiary/aromatic N) is 1. The number of aromatic carboxylic acids is 1. The van der Waals surface area contributed by atoms with Gasteiger partial charge >= 0.3 is 12.1 Å². The molecule has 1 aliphatic rings. The molecule has 5 nitrogen and oxygen atoms in total. The van der Waals surface area contributed by atoms with Gasteiger partial charge in [0, 0.05) is 17.6 Å². The minimum atomic E-state index is -0.949. The Morgan fingerprint density at radius 1 is 1.00 bits per heavy atom. The van der Waals surface area contributed by atoms with Crippen molar-refractivity contribution >= 4 is 32.5 Å². The van der Waals surface area contributed by atoms with E-state index in [4.69, 9.17) is 10.2 Å². The van der Waals surface area contributed by atoms with E-state index in [1.54, 1.807) is 24.3 Å². The highest BCUT2D eigenvalue weighted by Gasteiger charge is 2.20. The highest BCUT2D eigenvalue weighted by Crippen LogP contribution is 2.31. The molecule has 2 rings (SSSR count). The standard InChI is InChI=1S/C14H14BrNO4/c15-12(9-1-3-11(4-2-9)13(17)18)10-5-7-16(8-6-10)14(19)20/h1-4H,5-8H2,(H,17,18)(H,19,20). The van der Waals surface area contributed by atoms with E-state index in [0.717, 1.165) is 15.6 Å². The molecule has 0 saturated carbocycles. The Bertz CT molecular complexity index is 555. The molecular weight excluding hydrogens is 326 g/mol. The summed E-state index contributed by atoms with van der Waals surface area (Å²) in [6.07, 6.45) is 0.493. The van der Waals surface area contributed by atoms with Gasteiger partial charge in [-0.15, -0.1) is 0 Å². The molecule has 0 atom stereocenters. The lowest BCUT2D eigenvalue weighted by molar-refractivity contribution is 0.0696. The molecule has 0 unspecified atom stereocenters. The molecule has 2 N–H and O–H groups in total. The van der Waals surface area contributed by atoms with Crippen molar-refractivity contribution in [1.29, 1.82) is 0 Å². The van der Waals surface area contributed by atoms with E-state index < -0.39 is 12.1 Å². The van der Waals surface area contributed by atoms with Gasteiger partial charge in [-0.05, 0) is 30.5 Å². The largest absolute Gasteiger partial charge is 0.478 e. The number of carbonyl (C=O) groups is 2. The van der Waals surface area contributed by atoms with Crippen LogP contribution in [0.5, 0.6) is 0 Å². The number of carboxylic acids is 1. The van der Waals surface area contributed by atoms with Gasteiger partial charge in [0.25, 0.3) is 0 Å². The molecule has 106 valence electrons. The summed E-state index contributed by atoms with van der Waals surface area (Å²) < 4.78 is 0.930. The molecule has 6 heteroatoms. The van der Waals surface area contributed by atoms with Crippen molar-refractivity contribution in [2.75, 3.05) is 13.1 Å². The van der Waals surface area contributed by atoms with Crippen LogP contribution >= 0.6 is 15.9 Å². The smallest absolute Gasteiger partial charge is 0.407 e. The first-order chi connectivity index (χ1) is 9.49. The molecule has 0 bridgehead atoms. The zero-order chi connectivity index (χ0) is 14.7. The zero-order valence-electron chi connectivity index (χ0n) is 10.7. The zero-order valence-corrected chi connectivity index (χ0v) is 12.3. The van der Waals surface area contributed by atoms with Crippen LogP contribution < -0.4 is 0 Å². The summed E-state index contributed by atoms with van der Waals surface area (Å²) in [6.45, 7) is 0.986. The minimum Gasteiger partial charge on any atom is -0.478 e. The first-order valence-electron chi connectivity index (χ1n) is 6.18. The van der Waals surface area contributed by atoms with Crippen molar-refractivity contribution in [2.24, 2.45) is 0 Å². The second-order valence-corrected chi connectivity index (χ2v) is 5.36. The highest BCUT2D eigenvalue weighted by molar-refractivity contribution is 9.15. The molecule has 0 radical (unpaired) electrons. The first kappa shape index (κ1) is 14.6. The van der Waals surface area contributed by atoms with Crippen LogP contribution in [0.15, 0.2) is 29.8 Å². The van der Waals surface area contributed by atoms with E-state index in [0.29, 0.717) is 25.9 Å². The van der Waals surface area contributed by atoms with Gasteiger partial charge in [-0.2, -0.15) is 0 Å². The maximum absolute atomic E-state index is 10.8. The summed E-state index contributed by atoms with van der Waals surface area (Å²) in [6, 6.07) is 6.63. The number of benzene rings is 1. The molecule has 1 saturated heterocycles. The Morgan fingerprint density at radius 3 is 1.95 bits per heavy atom. The predicted octanol–water partition coefficient (Wildman–Crippen LogP) is 3.26. The summed E-state index contributed by atoms with van der Waals surface area (Å²) in [5.41, 5.74) is 2.32. The van der Waals surface area contributed by atoms with Crippen LogP contribution in [0.3, 0.4) is 0 Å². The van der Waals surface area contributed by atoms with Gasteiger partial charge in [0.2, 0.25) is 0 Å². The Labute approximate surface area is 124 Å². The number of piperidine rings is 1. The third-order valence-corrected chi connectivity index (χ3v) is 4.35. The van der Waals surface area contributed by atoms with Gasteiger partial charge in [-0.1, -0.05) is 33.6 Å². The normalized spacial score (nSPS) is 15.1. The van der Waals surface area contributed by atoms with E-state index in [1.807, 2.05) is 0 Å². The summed E-state index contributed by atoms with van der Waals surface area (Å²) in [5.74, 6) is -0.949. The minimum absolute atomic E-state index is 0.250. The van der Waals surface area contributed by atoms with Crippen LogP contribution in [-0.4, -0.2) is 40.3 Å². The fourth-order valence-electron chi connectivity index (χ4n) is 2.15. The summed E-state index contributed by atoms with van der Waals surface area (Å²) in [7, 11) is 0. The number of rotatable bonds is 2. The van der Waals surface area contributed by atoms with Crippen LogP contribution in [0.4, 0.5) is 4.79 Å². The van der Waals surface area contributed by atoms with Crippen LogP contribution in [0.2, 0.25) is 0 Å². The lowest BCUT2D eigenvalue weighted by Crippen LogP contribution is -2.35. The lowest BCUT2D eigenvalue weighted by Gasteiger charge is -2.26. The van der Waals surface area contributed by atoms with Crippen LogP contribution in [0, 0.1) is 0 Å². The average Bonchev–Trinajstić information content (AvgIpc) is 2.46. The highest BCUT2D eigenvalue weighted by atomic mass is 79.9. The molecule has 1 aliphatic heterocycles. The number of amides is 1. The van der Waals surface area contributed by atoms with Gasteiger partial charge in [0.15, 0.2) is 0 Å². The molecule has 1 aromatic carbocycles. The summed E-state index contributed by atoms with van der Waals surface area (Å²) in [4.78, 5) is 23.0. The van der Waals surface area contributed by atoms with Gasteiger partial charge < -0.3 is 15.1 Å². The molecule has 1 amide bonds. The summed E-state index contributed by atoms with van der Waals surface area (Å²) >= 11 is 3.53. The predicted molar refractivity (Wildman–Crippen MR) is 78.1 cm³/mol. The van der Waals surface area contributed by atoms with E-state index in [-0.39, 0.29) is 5.56 Å². The fraction of sp³-hybridized carbons (Fsp3) is 0.286. The molecule has 1 fully saturated rings. The number of hydrogen-bond acceptors (Lipinski definition) is 2. The topological polar surface area (TPSA) is 77.8 Å². The van der Waals surface area contributed by atoms with Gasteiger partial charge in [0.1, 0.15) is 0 Å². The number of carboxylic acid groups (broad SMARTS) is 2. The van der Waals surface area contributed by atoms with Gasteiger partial charge in [-0.25, -0.2) is 9.59 Å². The second-order valence-electron chi connectivity index (χ2n) is 4.57. The van der Waals surface area contributed by atoms with Crippen molar-refractivity contribution in [2.45, 2.75) is 12.8 Å². The second kappa shape index (κ2) is 6.09. The number of hydrogen-bond donors (Lipinski definition) is 2. The molecule has 0 aliphatic carbocycles. The van der Waals surface area contributed by atoms with E-state index in [1.165, 1.54) is 4.90 Å². The quantitative estimate of drug-likeness (QED) is 0.866. The van der Waals surface area contributed by atoms with Crippen LogP contribution in [0.1, 0.15) is 28.8 Å². The molecule has 1 aromatic rings. The first-order valence-corrected chi connectivity index (χ1v) is 6.97. The van der Waals surface area contributed by atoms with E-state index in [9.17, 15) is 9.59 Å². The molecule has 0 spiro atoms. The van der Waals surface area contributed by atoms with Gasteiger partial charge in [0.05, 0.1) is 5.56 Å². The van der Waals surface area contributed by atoms with Crippen molar-refractivity contribution in [3.05, 3.63) is 41.0 Å². The van der Waals surface area contributed by atoms with Crippen LogP contribution in [-0.2, 0) is 0 Å². The van der Waals surface area contributed by atoms with Crippen LogP contribution in [0.25, 0.3) is 4.48 Å². The van der Waals surface area contributed by atoms with E-state index >= 15 is 0 Å². The molecule has 0 aromatic heterocycles. The van der Waals surface area contributed by atoms with Crippen molar-refractivity contribution in [3.8, 4) is 0 Å². The SMILES string of the molecule is O=C(O)c1ccc(C(Br)=C2CCN(C(=O)O)CC2)cc1. The number of halogens is 1. The van der Waals surface area contributed by atoms with Crippen molar-refractivity contribution in [3.63, 3.8) is 0 Å². The molecule has 1 heterocycles.